The smallest absolute Gasteiger partial charge is 0.326 e. The molecule has 7 nitrogen and oxygen atoms in total. The van der Waals surface area contributed by atoms with Crippen LogP contribution in [0.4, 0.5) is 4.79 Å². The Kier molecular flexibility index (Phi) is 3.79. The van der Waals surface area contributed by atoms with E-state index in [0.29, 0.717) is 22.8 Å². The van der Waals surface area contributed by atoms with Gasteiger partial charge in [0.25, 0.3) is 5.91 Å². The van der Waals surface area contributed by atoms with Crippen molar-refractivity contribution in [2.75, 3.05) is 21.3 Å². The number of hydrogen-bond acceptors (Lipinski definition) is 5. The van der Waals surface area contributed by atoms with Crippen molar-refractivity contribution in [2.45, 2.75) is 0 Å². The summed E-state index contributed by atoms with van der Waals surface area (Å²) >= 11 is 0. The van der Waals surface area contributed by atoms with Crippen molar-refractivity contribution in [1.82, 2.24) is 10.6 Å². The van der Waals surface area contributed by atoms with E-state index in [1.54, 1.807) is 12.1 Å². The minimum Gasteiger partial charge on any atom is -0.496 e. The number of nitrogens with one attached hydrogen (secondary N) is 2. The van der Waals surface area contributed by atoms with Gasteiger partial charge in [0.05, 0.1) is 26.9 Å². The fourth-order valence-corrected chi connectivity index (χ4v) is 1.80. The third-order valence-corrected chi connectivity index (χ3v) is 2.76. The Bertz CT molecular complexity index is 569. The molecule has 0 spiro atoms. The molecule has 3 amide bonds. The van der Waals surface area contributed by atoms with Gasteiger partial charge in [0.2, 0.25) is 0 Å². The molecule has 106 valence electrons. The van der Waals surface area contributed by atoms with Crippen LogP contribution in [-0.2, 0) is 4.79 Å². The summed E-state index contributed by atoms with van der Waals surface area (Å²) in [7, 11) is 4.50. The highest BCUT2D eigenvalue weighted by atomic mass is 16.5. The number of carbonyl (C=O) groups is 2. The lowest BCUT2D eigenvalue weighted by molar-refractivity contribution is -0.115. The van der Waals surface area contributed by atoms with Gasteiger partial charge in [0, 0.05) is 12.1 Å². The lowest BCUT2D eigenvalue weighted by Gasteiger charge is -2.12. The molecule has 0 atom stereocenters. The molecule has 0 radical (unpaired) electrons. The summed E-state index contributed by atoms with van der Waals surface area (Å²) in [6, 6.07) is 2.75. The van der Waals surface area contributed by atoms with E-state index in [4.69, 9.17) is 14.2 Å². The van der Waals surface area contributed by atoms with E-state index in [1.165, 1.54) is 27.4 Å². The maximum absolute atomic E-state index is 11.5. The predicted molar refractivity (Wildman–Crippen MR) is 70.7 cm³/mol. The summed E-state index contributed by atoms with van der Waals surface area (Å²) in [4.78, 5) is 22.6. The molecular weight excluding hydrogens is 264 g/mol. The van der Waals surface area contributed by atoms with Crippen LogP contribution in [0.15, 0.2) is 17.8 Å². The predicted octanol–water partition coefficient (Wildman–Crippen LogP) is 0.893. The van der Waals surface area contributed by atoms with Gasteiger partial charge in [-0.15, -0.1) is 0 Å². The van der Waals surface area contributed by atoms with Crippen LogP contribution in [0.1, 0.15) is 5.56 Å². The van der Waals surface area contributed by atoms with Gasteiger partial charge in [-0.2, -0.15) is 0 Å². The molecule has 0 unspecified atom stereocenters. The molecule has 1 aliphatic heterocycles. The molecule has 1 aromatic rings. The monoisotopic (exact) mass is 278 g/mol. The summed E-state index contributed by atoms with van der Waals surface area (Å²) in [6.07, 6.45) is 1.48. The molecule has 0 aliphatic carbocycles. The lowest BCUT2D eigenvalue weighted by Crippen LogP contribution is -2.22. The van der Waals surface area contributed by atoms with Crippen molar-refractivity contribution < 1.29 is 23.8 Å². The van der Waals surface area contributed by atoms with Gasteiger partial charge >= 0.3 is 6.03 Å². The van der Waals surface area contributed by atoms with Crippen LogP contribution < -0.4 is 24.8 Å². The maximum atomic E-state index is 11.5. The number of ether oxygens (including phenoxy) is 3. The van der Waals surface area contributed by atoms with E-state index in [2.05, 4.69) is 10.6 Å². The van der Waals surface area contributed by atoms with Crippen LogP contribution in [0.5, 0.6) is 17.2 Å². The van der Waals surface area contributed by atoms with Crippen LogP contribution in [0.3, 0.4) is 0 Å². The first-order valence-corrected chi connectivity index (χ1v) is 5.73. The summed E-state index contributed by atoms with van der Waals surface area (Å²) in [5.41, 5.74) is 0.653. The van der Waals surface area contributed by atoms with Crippen LogP contribution >= 0.6 is 0 Å². The summed E-state index contributed by atoms with van der Waals surface area (Å²) < 4.78 is 15.6. The minimum absolute atomic E-state index is 0.122. The van der Waals surface area contributed by atoms with E-state index in [0.717, 1.165) is 0 Å². The molecule has 20 heavy (non-hydrogen) atoms. The molecule has 1 fully saturated rings. The molecule has 2 rings (SSSR count). The van der Waals surface area contributed by atoms with Gasteiger partial charge in [-0.3, -0.25) is 10.1 Å². The van der Waals surface area contributed by atoms with Crippen LogP contribution in [0.25, 0.3) is 6.08 Å². The zero-order valence-corrected chi connectivity index (χ0v) is 11.3. The second kappa shape index (κ2) is 5.52. The van der Waals surface area contributed by atoms with Gasteiger partial charge in [-0.05, 0) is 6.08 Å². The van der Waals surface area contributed by atoms with Crippen LogP contribution in [-0.4, -0.2) is 33.3 Å². The molecule has 0 saturated carbocycles. The molecule has 7 heteroatoms. The largest absolute Gasteiger partial charge is 0.496 e. The standard InChI is InChI=1S/C13H14N2O5/c1-18-7-4-10(19-2)8(11(5-7)20-3)6-9-12(16)15-13(17)14-9/h4-6H,1-3H3,(H2,14,15,16,17)/b9-6-. The van der Waals surface area contributed by atoms with E-state index in [-0.39, 0.29) is 5.70 Å². The number of methoxy groups -OCH3 is 3. The normalized spacial score (nSPS) is 15.8. The Morgan fingerprint density at radius 1 is 0.950 bits per heavy atom. The average Bonchev–Trinajstić information content (AvgIpc) is 2.76. The van der Waals surface area contributed by atoms with E-state index in [9.17, 15) is 9.59 Å². The van der Waals surface area contributed by atoms with Crippen molar-refractivity contribution in [3.63, 3.8) is 0 Å². The van der Waals surface area contributed by atoms with Gasteiger partial charge in [0.1, 0.15) is 22.9 Å². The molecule has 0 aromatic heterocycles. The highest BCUT2D eigenvalue weighted by molar-refractivity contribution is 6.14. The third kappa shape index (κ3) is 2.51. The minimum atomic E-state index is -0.562. The summed E-state index contributed by atoms with van der Waals surface area (Å²) in [6.45, 7) is 0. The Labute approximate surface area is 115 Å². The Hall–Kier alpha value is -2.70. The maximum Gasteiger partial charge on any atom is 0.326 e. The van der Waals surface area contributed by atoms with Crippen LogP contribution in [0.2, 0.25) is 0 Å². The topological polar surface area (TPSA) is 85.9 Å². The molecule has 1 heterocycles. The third-order valence-electron chi connectivity index (χ3n) is 2.76. The highest BCUT2D eigenvalue weighted by Gasteiger charge is 2.24. The zero-order valence-electron chi connectivity index (χ0n) is 11.3. The molecule has 2 N–H and O–H groups in total. The Morgan fingerprint density at radius 3 is 1.95 bits per heavy atom. The number of benzene rings is 1. The van der Waals surface area contributed by atoms with Crippen molar-refractivity contribution in [2.24, 2.45) is 0 Å². The lowest BCUT2D eigenvalue weighted by atomic mass is 10.1. The Balaban J connectivity index is 2.52. The number of amides is 3. The summed E-state index contributed by atoms with van der Waals surface area (Å²) in [5.74, 6) is 0.973. The average molecular weight is 278 g/mol. The second-order valence-electron chi connectivity index (χ2n) is 3.91. The quantitative estimate of drug-likeness (QED) is 0.631. The number of carbonyl (C=O) groups excluding carboxylic acids is 2. The van der Waals surface area contributed by atoms with E-state index in [1.807, 2.05) is 0 Å². The molecule has 0 bridgehead atoms. The van der Waals surface area contributed by atoms with Crippen molar-refractivity contribution >= 4 is 18.0 Å². The van der Waals surface area contributed by atoms with Crippen molar-refractivity contribution in [1.29, 1.82) is 0 Å². The van der Waals surface area contributed by atoms with Gasteiger partial charge < -0.3 is 19.5 Å². The molecule has 1 aromatic carbocycles. The summed E-state index contributed by atoms with van der Waals surface area (Å²) in [5, 5.41) is 4.52. The first-order chi connectivity index (χ1) is 9.58. The molecular formula is C13H14N2O5. The molecule has 1 saturated heterocycles. The van der Waals surface area contributed by atoms with Crippen molar-refractivity contribution in [3.05, 3.63) is 23.4 Å². The number of rotatable bonds is 4. The van der Waals surface area contributed by atoms with Gasteiger partial charge in [0.15, 0.2) is 0 Å². The van der Waals surface area contributed by atoms with E-state index < -0.39 is 11.9 Å². The van der Waals surface area contributed by atoms with Crippen LogP contribution in [0, 0.1) is 0 Å². The van der Waals surface area contributed by atoms with Gasteiger partial charge in [-0.1, -0.05) is 0 Å². The SMILES string of the molecule is COc1cc(OC)c(/C=C2\NC(=O)NC2=O)c(OC)c1. The van der Waals surface area contributed by atoms with Gasteiger partial charge in [-0.25, -0.2) is 4.79 Å². The Morgan fingerprint density at radius 2 is 1.55 bits per heavy atom. The first-order valence-electron chi connectivity index (χ1n) is 5.73. The zero-order chi connectivity index (χ0) is 14.7. The highest BCUT2D eigenvalue weighted by Crippen LogP contribution is 2.35. The molecule has 1 aliphatic rings. The fourth-order valence-electron chi connectivity index (χ4n) is 1.80. The fraction of sp³-hybridized carbons (Fsp3) is 0.231. The first kappa shape index (κ1) is 13.7. The second-order valence-corrected chi connectivity index (χ2v) is 3.91. The van der Waals surface area contributed by atoms with Crippen molar-refractivity contribution in [3.8, 4) is 17.2 Å². The number of imide groups is 1. The number of hydrogen-bond donors (Lipinski definition) is 2. The van der Waals surface area contributed by atoms with E-state index >= 15 is 0 Å². The number of urea groups is 1.